The highest BCUT2D eigenvalue weighted by Gasteiger charge is 2.43. The van der Waals surface area contributed by atoms with Gasteiger partial charge in [-0.3, -0.25) is 14.6 Å². The normalized spacial score (nSPS) is 29.6. The number of nitrogens with zero attached hydrogens (tertiary/aromatic N) is 4. The largest absolute Gasteiger partial charge is 0.468 e. The van der Waals surface area contributed by atoms with Gasteiger partial charge in [-0.25, -0.2) is 4.79 Å². The van der Waals surface area contributed by atoms with Gasteiger partial charge in [0.05, 0.1) is 19.7 Å². The van der Waals surface area contributed by atoms with Crippen LogP contribution in [0.4, 0.5) is 4.79 Å². The second kappa shape index (κ2) is 11.2. The van der Waals surface area contributed by atoms with Gasteiger partial charge in [0.1, 0.15) is 0 Å². The summed E-state index contributed by atoms with van der Waals surface area (Å²) in [6, 6.07) is 0.980. The van der Waals surface area contributed by atoms with Crippen LogP contribution in [0.5, 0.6) is 0 Å². The van der Waals surface area contributed by atoms with Gasteiger partial charge in [-0.15, -0.1) is 0 Å². The first-order valence-corrected chi connectivity index (χ1v) is 12.8. The Labute approximate surface area is 193 Å². The van der Waals surface area contributed by atoms with Gasteiger partial charge in [0.25, 0.3) is 0 Å². The van der Waals surface area contributed by atoms with E-state index in [0.717, 1.165) is 51.0 Å². The van der Waals surface area contributed by atoms with Gasteiger partial charge in [0.2, 0.25) is 0 Å². The summed E-state index contributed by atoms with van der Waals surface area (Å²) in [5.41, 5.74) is 0. The summed E-state index contributed by atoms with van der Waals surface area (Å²) < 4.78 is 10.6. The molecule has 182 valence electrons. The van der Waals surface area contributed by atoms with Crippen LogP contribution in [-0.4, -0.2) is 110 Å². The van der Waals surface area contributed by atoms with E-state index in [9.17, 15) is 9.59 Å². The summed E-state index contributed by atoms with van der Waals surface area (Å²) in [6.07, 6.45) is 11.3. The fourth-order valence-electron chi connectivity index (χ4n) is 6.16. The number of rotatable bonds is 8. The average molecular weight is 451 g/mol. The van der Waals surface area contributed by atoms with Gasteiger partial charge in [-0.2, -0.15) is 0 Å². The van der Waals surface area contributed by atoms with Gasteiger partial charge < -0.3 is 19.3 Å². The fraction of sp³-hybridized carbons (Fsp3) is 0.917. The lowest BCUT2D eigenvalue weighted by atomic mass is 9.89. The Morgan fingerprint density at radius 2 is 1.66 bits per heavy atom. The molecular weight excluding hydrogens is 408 g/mol. The third kappa shape index (κ3) is 5.75. The van der Waals surface area contributed by atoms with Crippen molar-refractivity contribution in [1.29, 1.82) is 0 Å². The van der Waals surface area contributed by atoms with E-state index >= 15 is 0 Å². The van der Waals surface area contributed by atoms with Crippen molar-refractivity contribution in [3.8, 4) is 0 Å². The SMILES string of the molecule is COC(=O)CN1CCN(C2OC(=O)N(C)C2CCCC2CCN(C3CCCC3)CC2)CC1. The number of piperidine rings is 1. The van der Waals surface area contributed by atoms with Crippen molar-refractivity contribution in [3.05, 3.63) is 0 Å². The van der Waals surface area contributed by atoms with E-state index in [-0.39, 0.29) is 24.3 Å². The van der Waals surface area contributed by atoms with E-state index in [1.807, 2.05) is 7.05 Å². The topological polar surface area (TPSA) is 65.6 Å². The molecule has 0 aromatic rings. The molecule has 3 aliphatic heterocycles. The molecule has 0 aromatic carbocycles. The summed E-state index contributed by atoms with van der Waals surface area (Å²) in [5, 5.41) is 0. The van der Waals surface area contributed by atoms with Crippen molar-refractivity contribution in [2.75, 3.05) is 60.0 Å². The first kappa shape index (κ1) is 23.8. The van der Waals surface area contributed by atoms with Crippen LogP contribution >= 0.6 is 0 Å². The molecule has 0 aromatic heterocycles. The second-order valence-electron chi connectivity index (χ2n) is 10.2. The van der Waals surface area contributed by atoms with Crippen molar-refractivity contribution in [2.45, 2.75) is 76.1 Å². The predicted octanol–water partition coefficient (Wildman–Crippen LogP) is 2.38. The number of likely N-dealkylation sites (tertiary alicyclic amines) is 1. The number of hydrogen-bond donors (Lipinski definition) is 0. The number of cyclic esters (lactones) is 1. The maximum Gasteiger partial charge on any atom is 0.411 e. The lowest BCUT2D eigenvalue weighted by Gasteiger charge is -2.38. The van der Waals surface area contributed by atoms with E-state index in [4.69, 9.17) is 9.47 Å². The monoisotopic (exact) mass is 450 g/mol. The summed E-state index contributed by atoms with van der Waals surface area (Å²) in [6.45, 7) is 6.07. The lowest BCUT2D eigenvalue weighted by Crippen LogP contribution is -2.54. The van der Waals surface area contributed by atoms with E-state index in [1.165, 1.54) is 65.1 Å². The van der Waals surface area contributed by atoms with Gasteiger partial charge >= 0.3 is 12.1 Å². The van der Waals surface area contributed by atoms with Crippen molar-refractivity contribution in [1.82, 2.24) is 19.6 Å². The molecule has 32 heavy (non-hydrogen) atoms. The quantitative estimate of drug-likeness (QED) is 0.526. The van der Waals surface area contributed by atoms with Gasteiger partial charge in [0.15, 0.2) is 6.23 Å². The van der Waals surface area contributed by atoms with E-state index in [0.29, 0.717) is 6.54 Å². The third-order valence-electron chi connectivity index (χ3n) is 8.29. The van der Waals surface area contributed by atoms with Crippen LogP contribution in [0.2, 0.25) is 0 Å². The van der Waals surface area contributed by atoms with Crippen molar-refractivity contribution >= 4 is 12.1 Å². The van der Waals surface area contributed by atoms with Gasteiger partial charge in [-0.1, -0.05) is 25.7 Å². The fourth-order valence-corrected chi connectivity index (χ4v) is 6.16. The maximum atomic E-state index is 12.3. The smallest absolute Gasteiger partial charge is 0.411 e. The van der Waals surface area contributed by atoms with Crippen LogP contribution in [0.3, 0.4) is 0 Å². The number of carbonyl (C=O) groups is 2. The zero-order valence-corrected chi connectivity index (χ0v) is 20.0. The number of amides is 1. The Balaban J connectivity index is 1.20. The summed E-state index contributed by atoms with van der Waals surface area (Å²) >= 11 is 0. The molecule has 8 heteroatoms. The highest BCUT2D eigenvalue weighted by molar-refractivity contribution is 5.71. The van der Waals surface area contributed by atoms with Crippen LogP contribution in [0.15, 0.2) is 0 Å². The second-order valence-corrected chi connectivity index (χ2v) is 10.2. The van der Waals surface area contributed by atoms with Gasteiger partial charge in [-0.05, 0) is 51.1 Å². The molecule has 3 saturated heterocycles. The molecule has 1 aliphatic carbocycles. The Bertz CT molecular complexity index is 625. The Morgan fingerprint density at radius 3 is 2.31 bits per heavy atom. The average Bonchev–Trinajstić information content (AvgIpc) is 3.44. The lowest BCUT2D eigenvalue weighted by molar-refractivity contribution is -0.142. The zero-order valence-electron chi connectivity index (χ0n) is 20.0. The van der Waals surface area contributed by atoms with E-state index in [2.05, 4.69) is 14.7 Å². The minimum atomic E-state index is -0.207. The number of likely N-dealkylation sites (N-methyl/N-ethyl adjacent to an activating group) is 1. The first-order valence-electron chi connectivity index (χ1n) is 12.8. The first-order chi connectivity index (χ1) is 15.5. The Morgan fingerprint density at radius 1 is 0.969 bits per heavy atom. The number of piperazine rings is 1. The van der Waals surface area contributed by atoms with Crippen LogP contribution in [0.1, 0.15) is 57.8 Å². The molecule has 2 unspecified atom stereocenters. The third-order valence-corrected chi connectivity index (χ3v) is 8.29. The zero-order chi connectivity index (χ0) is 22.5. The molecule has 0 spiro atoms. The molecular formula is C24H42N4O4. The number of methoxy groups -OCH3 is 1. The number of carbonyl (C=O) groups excluding carboxylic acids is 2. The molecule has 0 bridgehead atoms. The van der Waals surface area contributed by atoms with E-state index < -0.39 is 0 Å². The molecule has 8 nitrogen and oxygen atoms in total. The summed E-state index contributed by atoms with van der Waals surface area (Å²) in [5.74, 6) is 0.633. The number of esters is 1. The maximum absolute atomic E-state index is 12.3. The molecule has 4 fully saturated rings. The van der Waals surface area contributed by atoms with Crippen LogP contribution in [0.25, 0.3) is 0 Å². The summed E-state index contributed by atoms with van der Waals surface area (Å²) in [7, 11) is 3.30. The molecule has 4 rings (SSSR count). The predicted molar refractivity (Wildman–Crippen MR) is 122 cm³/mol. The highest BCUT2D eigenvalue weighted by Crippen LogP contribution is 2.31. The van der Waals surface area contributed by atoms with Crippen LogP contribution in [0, 0.1) is 5.92 Å². The van der Waals surface area contributed by atoms with E-state index in [1.54, 1.807) is 4.90 Å². The highest BCUT2D eigenvalue weighted by atomic mass is 16.6. The number of ether oxygens (including phenoxy) is 2. The Kier molecular flexibility index (Phi) is 8.29. The van der Waals surface area contributed by atoms with Gasteiger partial charge in [0, 0.05) is 39.3 Å². The molecule has 0 N–H and O–H groups in total. The van der Waals surface area contributed by atoms with Crippen molar-refractivity contribution < 1.29 is 19.1 Å². The molecule has 4 aliphatic rings. The molecule has 3 heterocycles. The molecule has 2 atom stereocenters. The molecule has 0 radical (unpaired) electrons. The molecule has 1 saturated carbocycles. The molecule has 1 amide bonds. The van der Waals surface area contributed by atoms with Crippen LogP contribution in [-0.2, 0) is 14.3 Å². The van der Waals surface area contributed by atoms with Crippen molar-refractivity contribution in [3.63, 3.8) is 0 Å². The minimum absolute atomic E-state index is 0.119. The van der Waals surface area contributed by atoms with Crippen LogP contribution < -0.4 is 0 Å². The number of hydrogen-bond acceptors (Lipinski definition) is 7. The standard InChI is InChI=1S/C24H42N4O4/c1-25-21(9-5-6-19-10-12-27(13-11-19)20-7-3-4-8-20)23(32-24(25)30)28-16-14-26(15-17-28)18-22(29)31-2/h19-21,23H,3-18H2,1-2H3. The summed E-state index contributed by atoms with van der Waals surface area (Å²) in [4.78, 5) is 32.8. The van der Waals surface area contributed by atoms with Crippen molar-refractivity contribution in [2.24, 2.45) is 5.92 Å². The minimum Gasteiger partial charge on any atom is -0.468 e. The Hall–Kier alpha value is -1.38.